The molecule has 0 aliphatic heterocycles. The van der Waals surface area contributed by atoms with E-state index in [0.717, 1.165) is 24.3 Å². The molecule has 2 N–H and O–H groups in total. The zero-order chi connectivity index (χ0) is 11.8. The van der Waals surface area contributed by atoms with Gasteiger partial charge in [0.1, 0.15) is 12.4 Å². The van der Waals surface area contributed by atoms with Crippen LogP contribution in [0.25, 0.3) is 0 Å². The first-order chi connectivity index (χ1) is 7.77. The lowest BCUT2D eigenvalue weighted by Crippen LogP contribution is -2.07. The molecule has 0 fully saturated rings. The molecule has 3 nitrogen and oxygen atoms in total. The number of nitrogens with two attached hydrogens (primary N) is 1. The van der Waals surface area contributed by atoms with Crippen LogP contribution in [0.4, 0.5) is 0 Å². The van der Waals surface area contributed by atoms with E-state index in [0.29, 0.717) is 24.8 Å². The molecule has 0 amide bonds. The first kappa shape index (κ1) is 13.3. The van der Waals surface area contributed by atoms with Crippen LogP contribution in [-0.2, 0) is 11.3 Å². The summed E-state index contributed by atoms with van der Waals surface area (Å²) in [6.45, 7) is 4.43. The third-order valence-corrected chi connectivity index (χ3v) is 2.44. The van der Waals surface area contributed by atoms with Crippen molar-refractivity contribution in [3.63, 3.8) is 0 Å². The van der Waals surface area contributed by atoms with Crippen molar-refractivity contribution >= 4 is 11.6 Å². The standard InChI is InChI=1S/C12H18ClNO2/c1-2-5-15-6-7-16-11-4-3-10(9-14)12(13)8-11/h3-4,8H,2,5-7,9,14H2,1H3. The van der Waals surface area contributed by atoms with Gasteiger partial charge in [0, 0.05) is 18.2 Å². The molecule has 0 unspecified atom stereocenters. The maximum atomic E-state index is 6.00. The lowest BCUT2D eigenvalue weighted by atomic mass is 10.2. The van der Waals surface area contributed by atoms with Gasteiger partial charge in [-0.05, 0) is 24.1 Å². The van der Waals surface area contributed by atoms with E-state index in [9.17, 15) is 0 Å². The Labute approximate surface area is 101 Å². The molecular weight excluding hydrogens is 226 g/mol. The highest BCUT2D eigenvalue weighted by atomic mass is 35.5. The molecule has 0 saturated heterocycles. The Morgan fingerprint density at radius 3 is 2.69 bits per heavy atom. The average Bonchev–Trinajstić information content (AvgIpc) is 2.29. The Hall–Kier alpha value is -0.770. The number of ether oxygens (including phenoxy) is 2. The summed E-state index contributed by atoms with van der Waals surface area (Å²) < 4.78 is 10.8. The number of benzene rings is 1. The lowest BCUT2D eigenvalue weighted by Gasteiger charge is -2.08. The molecule has 0 atom stereocenters. The Morgan fingerprint density at radius 2 is 2.06 bits per heavy atom. The molecule has 16 heavy (non-hydrogen) atoms. The van der Waals surface area contributed by atoms with E-state index in [2.05, 4.69) is 6.92 Å². The van der Waals surface area contributed by atoms with E-state index < -0.39 is 0 Å². The predicted molar refractivity (Wildman–Crippen MR) is 65.9 cm³/mol. The highest BCUT2D eigenvalue weighted by Gasteiger charge is 2.00. The van der Waals surface area contributed by atoms with Crippen molar-refractivity contribution in [3.8, 4) is 5.75 Å². The quantitative estimate of drug-likeness (QED) is 0.749. The van der Waals surface area contributed by atoms with Crippen LogP contribution in [0.3, 0.4) is 0 Å². The van der Waals surface area contributed by atoms with Gasteiger partial charge in [-0.2, -0.15) is 0 Å². The number of hydrogen-bond acceptors (Lipinski definition) is 3. The second kappa shape index (κ2) is 7.49. The minimum atomic E-state index is 0.443. The van der Waals surface area contributed by atoms with E-state index in [1.807, 2.05) is 12.1 Å². The van der Waals surface area contributed by atoms with Crippen LogP contribution in [0.2, 0.25) is 5.02 Å². The topological polar surface area (TPSA) is 44.5 Å². The number of halogens is 1. The summed E-state index contributed by atoms with van der Waals surface area (Å²) in [7, 11) is 0. The summed E-state index contributed by atoms with van der Waals surface area (Å²) in [6.07, 6.45) is 1.02. The Bertz CT molecular complexity index is 318. The largest absolute Gasteiger partial charge is 0.491 e. The van der Waals surface area contributed by atoms with Crippen molar-refractivity contribution in [1.29, 1.82) is 0 Å². The Kier molecular flexibility index (Phi) is 6.23. The summed E-state index contributed by atoms with van der Waals surface area (Å²) in [5, 5.41) is 0.648. The molecule has 0 bridgehead atoms. The molecule has 90 valence electrons. The van der Waals surface area contributed by atoms with Crippen LogP contribution in [0.15, 0.2) is 18.2 Å². The van der Waals surface area contributed by atoms with Crippen LogP contribution < -0.4 is 10.5 Å². The smallest absolute Gasteiger partial charge is 0.120 e. The second-order valence-electron chi connectivity index (χ2n) is 3.42. The highest BCUT2D eigenvalue weighted by molar-refractivity contribution is 6.31. The normalized spacial score (nSPS) is 10.4. The Balaban J connectivity index is 2.34. The van der Waals surface area contributed by atoms with E-state index in [4.69, 9.17) is 26.8 Å². The summed E-state index contributed by atoms with van der Waals surface area (Å²) in [6, 6.07) is 5.53. The van der Waals surface area contributed by atoms with E-state index >= 15 is 0 Å². The first-order valence-electron chi connectivity index (χ1n) is 5.47. The SMILES string of the molecule is CCCOCCOc1ccc(CN)c(Cl)c1. The van der Waals surface area contributed by atoms with Crippen molar-refractivity contribution in [2.24, 2.45) is 5.73 Å². The highest BCUT2D eigenvalue weighted by Crippen LogP contribution is 2.22. The van der Waals surface area contributed by atoms with E-state index in [-0.39, 0.29) is 0 Å². The molecule has 0 spiro atoms. The molecule has 1 aromatic rings. The fourth-order valence-corrected chi connectivity index (χ4v) is 1.50. The van der Waals surface area contributed by atoms with Crippen molar-refractivity contribution in [2.75, 3.05) is 19.8 Å². The van der Waals surface area contributed by atoms with Gasteiger partial charge in [-0.25, -0.2) is 0 Å². The summed E-state index contributed by atoms with van der Waals surface area (Å²) in [4.78, 5) is 0. The van der Waals surface area contributed by atoms with Gasteiger partial charge in [-0.1, -0.05) is 24.6 Å². The summed E-state index contributed by atoms with van der Waals surface area (Å²) in [5.74, 6) is 0.752. The van der Waals surface area contributed by atoms with Gasteiger partial charge < -0.3 is 15.2 Å². The van der Waals surface area contributed by atoms with Gasteiger partial charge in [-0.3, -0.25) is 0 Å². The van der Waals surface area contributed by atoms with Crippen molar-refractivity contribution < 1.29 is 9.47 Å². The molecule has 0 saturated carbocycles. The van der Waals surface area contributed by atoms with Gasteiger partial charge in [-0.15, -0.1) is 0 Å². The third kappa shape index (κ3) is 4.39. The zero-order valence-corrected chi connectivity index (χ0v) is 10.3. The molecule has 1 rings (SSSR count). The number of rotatable bonds is 7. The van der Waals surface area contributed by atoms with Crippen molar-refractivity contribution in [3.05, 3.63) is 28.8 Å². The Morgan fingerprint density at radius 1 is 1.25 bits per heavy atom. The van der Waals surface area contributed by atoms with E-state index in [1.54, 1.807) is 6.07 Å². The van der Waals surface area contributed by atoms with Gasteiger partial charge in [0.25, 0.3) is 0 Å². The fraction of sp³-hybridized carbons (Fsp3) is 0.500. The van der Waals surface area contributed by atoms with Crippen molar-refractivity contribution in [2.45, 2.75) is 19.9 Å². The fourth-order valence-electron chi connectivity index (χ4n) is 1.25. The average molecular weight is 244 g/mol. The molecule has 4 heteroatoms. The number of hydrogen-bond donors (Lipinski definition) is 1. The van der Waals surface area contributed by atoms with Crippen LogP contribution >= 0.6 is 11.6 Å². The van der Waals surface area contributed by atoms with Crippen LogP contribution in [0.5, 0.6) is 5.75 Å². The maximum absolute atomic E-state index is 6.00. The monoisotopic (exact) mass is 243 g/mol. The summed E-state index contributed by atoms with van der Waals surface area (Å²) >= 11 is 6.00. The first-order valence-corrected chi connectivity index (χ1v) is 5.84. The summed E-state index contributed by atoms with van der Waals surface area (Å²) in [5.41, 5.74) is 6.44. The zero-order valence-electron chi connectivity index (χ0n) is 9.54. The van der Waals surface area contributed by atoms with Crippen molar-refractivity contribution in [1.82, 2.24) is 0 Å². The minimum Gasteiger partial charge on any atom is -0.491 e. The van der Waals surface area contributed by atoms with Gasteiger partial charge in [0.05, 0.1) is 6.61 Å². The minimum absolute atomic E-state index is 0.443. The molecule has 0 aliphatic rings. The molecule has 0 aromatic heterocycles. The molecule has 0 aliphatic carbocycles. The van der Waals surface area contributed by atoms with Gasteiger partial charge >= 0.3 is 0 Å². The lowest BCUT2D eigenvalue weighted by molar-refractivity contribution is 0.101. The predicted octanol–water partition coefficient (Wildman–Crippen LogP) is 2.60. The molecule has 0 radical (unpaired) electrons. The second-order valence-corrected chi connectivity index (χ2v) is 3.83. The van der Waals surface area contributed by atoms with Gasteiger partial charge in [0.2, 0.25) is 0 Å². The van der Waals surface area contributed by atoms with E-state index in [1.165, 1.54) is 0 Å². The van der Waals surface area contributed by atoms with Crippen LogP contribution in [0, 0.1) is 0 Å². The third-order valence-electron chi connectivity index (χ3n) is 2.09. The maximum Gasteiger partial charge on any atom is 0.120 e. The van der Waals surface area contributed by atoms with Crippen LogP contribution in [-0.4, -0.2) is 19.8 Å². The van der Waals surface area contributed by atoms with Gasteiger partial charge in [0.15, 0.2) is 0 Å². The molecule has 1 aromatic carbocycles. The van der Waals surface area contributed by atoms with Crippen LogP contribution in [0.1, 0.15) is 18.9 Å². The molecular formula is C12H18ClNO2. The molecule has 0 heterocycles.